The summed E-state index contributed by atoms with van der Waals surface area (Å²) in [5.41, 5.74) is -0.0407. The van der Waals surface area contributed by atoms with Gasteiger partial charge in [-0.15, -0.1) is 11.6 Å². The van der Waals surface area contributed by atoms with Crippen LogP contribution in [0.15, 0.2) is 12.1 Å². The molecule has 0 heterocycles. The summed E-state index contributed by atoms with van der Waals surface area (Å²) in [6, 6.07) is 2.35. The van der Waals surface area contributed by atoms with Gasteiger partial charge < -0.3 is 4.74 Å². The third-order valence-electron chi connectivity index (χ3n) is 3.41. The van der Waals surface area contributed by atoms with Gasteiger partial charge in [0.2, 0.25) is 0 Å². The number of halogens is 3. The molecule has 0 amide bonds. The number of rotatable bonds is 9. The fourth-order valence-corrected chi connectivity index (χ4v) is 2.59. The van der Waals surface area contributed by atoms with Gasteiger partial charge in [0.1, 0.15) is 17.4 Å². The van der Waals surface area contributed by atoms with Crippen LogP contribution in [0.1, 0.15) is 62.8 Å². The fraction of sp³-hybridized carbons (Fsp3) is 0.625. The molecule has 0 aliphatic heterocycles. The first-order chi connectivity index (χ1) is 9.60. The maximum Gasteiger partial charge on any atom is 0.134 e. The normalized spacial score (nSPS) is 12.4. The summed E-state index contributed by atoms with van der Waals surface area (Å²) in [6.07, 6.45) is 7.37. The van der Waals surface area contributed by atoms with Crippen molar-refractivity contribution >= 4 is 11.6 Å². The molecule has 0 N–H and O–H groups in total. The lowest BCUT2D eigenvalue weighted by Gasteiger charge is -2.13. The number of hydrogen-bond acceptors (Lipinski definition) is 1. The largest absolute Gasteiger partial charge is 0.497 e. The van der Waals surface area contributed by atoms with Crippen molar-refractivity contribution in [3.8, 4) is 5.75 Å². The Morgan fingerprint density at radius 1 is 1.05 bits per heavy atom. The van der Waals surface area contributed by atoms with Crippen LogP contribution in [-0.2, 0) is 0 Å². The van der Waals surface area contributed by atoms with Gasteiger partial charge in [0, 0.05) is 17.7 Å². The van der Waals surface area contributed by atoms with Gasteiger partial charge in [0.05, 0.1) is 12.5 Å². The lowest BCUT2D eigenvalue weighted by atomic mass is 10.0. The minimum atomic E-state index is -0.632. The first-order valence-electron chi connectivity index (χ1n) is 7.27. The first kappa shape index (κ1) is 17.2. The molecule has 0 fully saturated rings. The molecule has 1 aromatic carbocycles. The van der Waals surface area contributed by atoms with Crippen LogP contribution in [0.2, 0.25) is 0 Å². The topological polar surface area (TPSA) is 9.23 Å². The van der Waals surface area contributed by atoms with E-state index in [1.807, 2.05) is 0 Å². The van der Waals surface area contributed by atoms with E-state index in [1.54, 1.807) is 0 Å². The molecule has 0 aliphatic rings. The predicted octanol–water partition coefficient (Wildman–Crippen LogP) is 6.00. The van der Waals surface area contributed by atoms with E-state index in [2.05, 4.69) is 6.92 Å². The van der Waals surface area contributed by atoms with Crippen molar-refractivity contribution in [1.29, 1.82) is 0 Å². The standard InChI is InChI=1S/C16H23ClF2O/c1-3-4-5-6-7-8-9-13(17)16-14(18)10-12(20-2)11-15(16)19/h10-11,13H,3-9H2,1-2H3. The zero-order valence-electron chi connectivity index (χ0n) is 12.2. The minimum Gasteiger partial charge on any atom is -0.497 e. The molecule has 1 nitrogen and oxygen atoms in total. The Morgan fingerprint density at radius 3 is 2.15 bits per heavy atom. The lowest BCUT2D eigenvalue weighted by molar-refractivity contribution is 0.404. The van der Waals surface area contributed by atoms with Crippen LogP contribution in [0, 0.1) is 11.6 Å². The first-order valence-corrected chi connectivity index (χ1v) is 7.70. The van der Waals surface area contributed by atoms with Crippen molar-refractivity contribution in [2.24, 2.45) is 0 Å². The molecule has 0 radical (unpaired) electrons. The number of unbranched alkanes of at least 4 members (excludes halogenated alkanes) is 5. The van der Waals surface area contributed by atoms with Crippen molar-refractivity contribution in [2.45, 2.75) is 57.2 Å². The highest BCUT2D eigenvalue weighted by Crippen LogP contribution is 2.33. The van der Waals surface area contributed by atoms with Crippen molar-refractivity contribution < 1.29 is 13.5 Å². The van der Waals surface area contributed by atoms with Crippen molar-refractivity contribution in [3.63, 3.8) is 0 Å². The number of methoxy groups -OCH3 is 1. The number of alkyl halides is 1. The summed E-state index contributed by atoms with van der Waals surface area (Å²) in [6.45, 7) is 2.17. The van der Waals surface area contributed by atoms with Gasteiger partial charge in [-0.1, -0.05) is 45.4 Å². The molecule has 1 unspecified atom stereocenters. The van der Waals surface area contributed by atoms with Crippen LogP contribution >= 0.6 is 11.6 Å². The molecule has 0 spiro atoms. The van der Waals surface area contributed by atoms with Gasteiger partial charge in [-0.25, -0.2) is 8.78 Å². The van der Waals surface area contributed by atoms with Crippen molar-refractivity contribution in [3.05, 3.63) is 29.3 Å². The highest BCUT2D eigenvalue weighted by molar-refractivity contribution is 6.20. The van der Waals surface area contributed by atoms with E-state index in [9.17, 15) is 8.78 Å². The second-order valence-electron chi connectivity index (χ2n) is 5.03. The summed E-state index contributed by atoms with van der Waals surface area (Å²) >= 11 is 6.13. The lowest BCUT2D eigenvalue weighted by Crippen LogP contribution is -2.01. The molecule has 0 aliphatic carbocycles. The molecule has 114 valence electrons. The third kappa shape index (κ3) is 5.28. The third-order valence-corrected chi connectivity index (χ3v) is 3.85. The van der Waals surface area contributed by atoms with Crippen LogP contribution < -0.4 is 4.74 Å². The van der Waals surface area contributed by atoms with E-state index < -0.39 is 17.0 Å². The molecular weight excluding hydrogens is 282 g/mol. The Hall–Kier alpha value is -0.830. The summed E-state index contributed by atoms with van der Waals surface area (Å²) < 4.78 is 32.5. The zero-order valence-corrected chi connectivity index (χ0v) is 13.0. The van der Waals surface area contributed by atoms with Crippen LogP contribution in [0.5, 0.6) is 5.75 Å². The predicted molar refractivity (Wildman–Crippen MR) is 79.5 cm³/mol. The fourth-order valence-electron chi connectivity index (χ4n) is 2.23. The number of benzene rings is 1. The molecule has 4 heteroatoms. The zero-order chi connectivity index (χ0) is 15.0. The molecule has 0 bridgehead atoms. The smallest absolute Gasteiger partial charge is 0.134 e. The Labute approximate surface area is 125 Å². The molecule has 20 heavy (non-hydrogen) atoms. The van der Waals surface area contributed by atoms with Crippen molar-refractivity contribution in [2.75, 3.05) is 7.11 Å². The monoisotopic (exact) mass is 304 g/mol. The van der Waals surface area contributed by atoms with E-state index >= 15 is 0 Å². The van der Waals surface area contributed by atoms with E-state index in [1.165, 1.54) is 38.5 Å². The molecule has 0 saturated carbocycles. The van der Waals surface area contributed by atoms with Gasteiger partial charge in [-0.3, -0.25) is 0 Å². The maximum absolute atomic E-state index is 13.8. The molecule has 0 aromatic heterocycles. The summed E-state index contributed by atoms with van der Waals surface area (Å²) in [7, 11) is 1.38. The number of hydrogen-bond donors (Lipinski definition) is 0. The second kappa shape index (κ2) is 9.17. The molecular formula is C16H23ClF2O. The van der Waals surface area contributed by atoms with Gasteiger partial charge in [-0.05, 0) is 6.42 Å². The van der Waals surface area contributed by atoms with Crippen LogP contribution in [0.25, 0.3) is 0 Å². The van der Waals surface area contributed by atoms with Gasteiger partial charge >= 0.3 is 0 Å². The Bertz CT molecular complexity index is 386. The average Bonchev–Trinajstić information content (AvgIpc) is 2.41. The van der Waals surface area contributed by atoms with E-state index in [4.69, 9.17) is 16.3 Å². The molecule has 0 saturated heterocycles. The van der Waals surface area contributed by atoms with Gasteiger partial charge in [0.25, 0.3) is 0 Å². The van der Waals surface area contributed by atoms with E-state index in [0.717, 1.165) is 19.3 Å². The minimum absolute atomic E-state index is 0.0407. The quantitative estimate of drug-likeness (QED) is 0.401. The highest BCUT2D eigenvalue weighted by atomic mass is 35.5. The average molecular weight is 305 g/mol. The van der Waals surface area contributed by atoms with Gasteiger partial charge in [0.15, 0.2) is 0 Å². The van der Waals surface area contributed by atoms with Crippen molar-refractivity contribution in [1.82, 2.24) is 0 Å². The summed E-state index contributed by atoms with van der Waals surface area (Å²) in [4.78, 5) is 0. The van der Waals surface area contributed by atoms with E-state index in [0.29, 0.717) is 6.42 Å². The van der Waals surface area contributed by atoms with Crippen LogP contribution in [-0.4, -0.2) is 7.11 Å². The van der Waals surface area contributed by atoms with Gasteiger partial charge in [-0.2, -0.15) is 0 Å². The molecule has 1 rings (SSSR count). The maximum atomic E-state index is 13.8. The molecule has 1 atom stereocenters. The highest BCUT2D eigenvalue weighted by Gasteiger charge is 2.19. The summed E-state index contributed by atoms with van der Waals surface area (Å²) in [5, 5.41) is -0.618. The Morgan fingerprint density at radius 2 is 1.60 bits per heavy atom. The Balaban J connectivity index is 2.49. The Kier molecular flexibility index (Phi) is 7.90. The van der Waals surface area contributed by atoms with Crippen LogP contribution in [0.4, 0.5) is 8.78 Å². The second-order valence-corrected chi connectivity index (χ2v) is 5.56. The SMILES string of the molecule is CCCCCCCCC(Cl)c1c(F)cc(OC)cc1F. The van der Waals surface area contributed by atoms with Crippen LogP contribution in [0.3, 0.4) is 0 Å². The number of ether oxygens (including phenoxy) is 1. The van der Waals surface area contributed by atoms with E-state index in [-0.39, 0.29) is 11.3 Å². The molecule has 1 aromatic rings. The summed E-state index contributed by atoms with van der Waals surface area (Å²) in [5.74, 6) is -1.09.